The van der Waals surface area contributed by atoms with E-state index in [0.717, 1.165) is 23.1 Å². The zero-order valence-electron chi connectivity index (χ0n) is 25.5. The van der Waals surface area contributed by atoms with Crippen LogP contribution in [0.3, 0.4) is 0 Å². The zero-order valence-corrected chi connectivity index (χ0v) is 25.5. The maximum atomic E-state index is 12.2. The molecule has 1 aromatic heterocycles. The van der Waals surface area contributed by atoms with Crippen LogP contribution in [-0.4, -0.2) is 46.0 Å². The van der Waals surface area contributed by atoms with Crippen LogP contribution in [0.1, 0.15) is 58.3 Å². The molecule has 0 saturated carbocycles. The Bertz CT molecular complexity index is 1540. The summed E-state index contributed by atoms with van der Waals surface area (Å²) >= 11 is 0. The van der Waals surface area contributed by atoms with Gasteiger partial charge in [-0.05, 0) is 69.9 Å². The molecule has 1 aliphatic heterocycles. The summed E-state index contributed by atoms with van der Waals surface area (Å²) in [7, 11) is 0. The quantitative estimate of drug-likeness (QED) is 0.160. The van der Waals surface area contributed by atoms with E-state index >= 15 is 0 Å². The molecule has 43 heavy (non-hydrogen) atoms. The Morgan fingerprint density at radius 3 is 2.16 bits per heavy atom. The molecule has 0 spiro atoms. The first kappa shape index (κ1) is 30.1. The first-order valence-electron chi connectivity index (χ1n) is 14.7. The van der Waals surface area contributed by atoms with Crippen molar-refractivity contribution in [1.82, 2.24) is 5.01 Å². The summed E-state index contributed by atoms with van der Waals surface area (Å²) in [5.74, 6) is -0.315. The first-order chi connectivity index (χ1) is 20.5. The van der Waals surface area contributed by atoms with Crippen LogP contribution in [0.15, 0.2) is 107 Å². The minimum absolute atomic E-state index is 0.0586. The molecule has 1 fully saturated rings. The largest absolute Gasteiger partial charge is 0.481 e. The number of hydrogen-bond acceptors (Lipinski definition) is 6. The van der Waals surface area contributed by atoms with Crippen molar-refractivity contribution in [1.29, 1.82) is 0 Å². The van der Waals surface area contributed by atoms with E-state index in [2.05, 4.69) is 36.4 Å². The number of rotatable bonds is 9. The SMILES string of the molecule is CC(C)(C)OC(=NN1[C@@H](Cc2ccccc2)COC1(C)C)[C@H](CC(=O)O)c1ccc(-c2ccc(-c3ccccc3)cc2)o1. The summed E-state index contributed by atoms with van der Waals surface area (Å²) in [6, 6.07) is 32.2. The second kappa shape index (κ2) is 12.5. The topological polar surface area (TPSA) is 84.5 Å². The van der Waals surface area contributed by atoms with Crippen molar-refractivity contribution in [3.05, 3.63) is 108 Å². The predicted molar refractivity (Wildman–Crippen MR) is 169 cm³/mol. The molecule has 224 valence electrons. The van der Waals surface area contributed by atoms with Crippen molar-refractivity contribution in [2.24, 2.45) is 5.10 Å². The minimum Gasteiger partial charge on any atom is -0.481 e. The third-order valence-electron chi connectivity index (χ3n) is 7.38. The third kappa shape index (κ3) is 7.54. The minimum atomic E-state index is -0.974. The lowest BCUT2D eigenvalue weighted by atomic mass is 10.0. The Kier molecular flexibility index (Phi) is 8.74. The summed E-state index contributed by atoms with van der Waals surface area (Å²) in [4.78, 5) is 12.2. The van der Waals surface area contributed by atoms with Gasteiger partial charge in [0.15, 0.2) is 5.72 Å². The van der Waals surface area contributed by atoms with Crippen molar-refractivity contribution < 1.29 is 23.8 Å². The van der Waals surface area contributed by atoms with Gasteiger partial charge >= 0.3 is 5.97 Å². The Morgan fingerprint density at radius 2 is 1.53 bits per heavy atom. The molecule has 0 radical (unpaired) electrons. The number of nitrogens with zero attached hydrogens (tertiary/aromatic N) is 2. The number of hydrazone groups is 1. The van der Waals surface area contributed by atoms with E-state index in [0.29, 0.717) is 18.1 Å². The van der Waals surface area contributed by atoms with Crippen molar-refractivity contribution in [3.63, 3.8) is 0 Å². The van der Waals surface area contributed by atoms with E-state index in [1.54, 1.807) is 0 Å². The molecule has 0 amide bonds. The second-order valence-corrected chi connectivity index (χ2v) is 12.4. The van der Waals surface area contributed by atoms with Crippen LogP contribution in [0, 0.1) is 0 Å². The van der Waals surface area contributed by atoms with Gasteiger partial charge < -0.3 is 19.0 Å². The van der Waals surface area contributed by atoms with E-state index in [1.165, 1.54) is 5.56 Å². The van der Waals surface area contributed by atoms with Gasteiger partial charge in [0.1, 0.15) is 23.0 Å². The average molecular weight is 581 g/mol. The van der Waals surface area contributed by atoms with Gasteiger partial charge in [-0.3, -0.25) is 9.80 Å². The normalized spacial score (nSPS) is 17.6. The highest BCUT2D eigenvalue weighted by Gasteiger charge is 2.42. The predicted octanol–water partition coefficient (Wildman–Crippen LogP) is 7.98. The fraction of sp³-hybridized carbons (Fsp3) is 0.333. The molecule has 5 rings (SSSR count). The van der Waals surface area contributed by atoms with Crippen molar-refractivity contribution in [2.75, 3.05) is 6.61 Å². The number of ether oxygens (including phenoxy) is 2. The summed E-state index contributed by atoms with van der Waals surface area (Å²) < 4.78 is 18.9. The summed E-state index contributed by atoms with van der Waals surface area (Å²) in [6.07, 6.45) is 0.483. The molecule has 1 N–H and O–H groups in total. The lowest BCUT2D eigenvalue weighted by molar-refractivity contribution is -0.137. The van der Waals surface area contributed by atoms with Gasteiger partial charge in [-0.25, -0.2) is 0 Å². The molecule has 3 aromatic carbocycles. The lowest BCUT2D eigenvalue weighted by Crippen LogP contribution is -2.43. The molecule has 7 nitrogen and oxygen atoms in total. The van der Waals surface area contributed by atoms with Gasteiger partial charge in [-0.2, -0.15) is 0 Å². The highest BCUT2D eigenvalue weighted by Crippen LogP contribution is 2.35. The molecular formula is C36H40N2O5. The maximum Gasteiger partial charge on any atom is 0.304 e. The van der Waals surface area contributed by atoms with Gasteiger partial charge in [0.25, 0.3) is 0 Å². The molecule has 1 saturated heterocycles. The number of carboxylic acid groups (broad SMARTS) is 1. The van der Waals surface area contributed by atoms with Crippen LogP contribution in [-0.2, 0) is 20.7 Å². The molecule has 2 atom stereocenters. The molecule has 4 aromatic rings. The summed E-state index contributed by atoms with van der Waals surface area (Å²) in [6.45, 7) is 10.2. The first-order valence-corrected chi connectivity index (χ1v) is 14.7. The van der Waals surface area contributed by atoms with Gasteiger partial charge in [0.05, 0.1) is 19.1 Å². The van der Waals surface area contributed by atoms with Crippen molar-refractivity contribution >= 4 is 11.9 Å². The number of carbonyl (C=O) groups is 1. The van der Waals surface area contributed by atoms with Crippen molar-refractivity contribution in [3.8, 4) is 22.5 Å². The van der Waals surface area contributed by atoms with E-state index < -0.39 is 23.2 Å². The maximum absolute atomic E-state index is 12.2. The number of benzene rings is 3. The van der Waals surface area contributed by atoms with Gasteiger partial charge in [0.2, 0.25) is 5.90 Å². The van der Waals surface area contributed by atoms with Gasteiger partial charge in [-0.15, -0.1) is 5.10 Å². The zero-order chi connectivity index (χ0) is 30.6. The second-order valence-electron chi connectivity index (χ2n) is 12.4. The summed E-state index contributed by atoms with van der Waals surface area (Å²) in [5.41, 5.74) is 2.96. The smallest absolute Gasteiger partial charge is 0.304 e. The van der Waals surface area contributed by atoms with Gasteiger partial charge in [0, 0.05) is 5.56 Å². The van der Waals surface area contributed by atoms with E-state index in [-0.39, 0.29) is 18.4 Å². The highest BCUT2D eigenvalue weighted by molar-refractivity contribution is 5.87. The number of furan rings is 1. The molecular weight excluding hydrogens is 540 g/mol. The van der Waals surface area contributed by atoms with E-state index in [4.69, 9.17) is 19.0 Å². The standard InChI is InChI=1S/C36H40N2O5/c1-35(2,3)43-34(37-38-29(24-41-36(38,4)5)22-25-12-8-6-9-13-25)30(23-33(39)40)32-21-20-31(42-32)28-18-16-27(17-19-28)26-14-10-7-11-15-26/h6-21,29-30H,22-24H2,1-5H3,(H,39,40)/t29-,30+/m0/s1. The molecule has 0 unspecified atom stereocenters. The number of carboxylic acids is 1. The highest BCUT2D eigenvalue weighted by atomic mass is 16.5. The van der Waals surface area contributed by atoms with Crippen LogP contribution in [0.4, 0.5) is 0 Å². The average Bonchev–Trinajstić information content (AvgIpc) is 3.57. The van der Waals surface area contributed by atoms with E-state index in [9.17, 15) is 9.90 Å². The molecule has 2 heterocycles. The van der Waals surface area contributed by atoms with Crippen LogP contribution in [0.5, 0.6) is 0 Å². The third-order valence-corrected chi connectivity index (χ3v) is 7.38. The van der Waals surface area contributed by atoms with Crippen LogP contribution in [0.25, 0.3) is 22.5 Å². The molecule has 0 bridgehead atoms. The monoisotopic (exact) mass is 580 g/mol. The number of aliphatic carboxylic acids is 1. The Labute approximate surface area is 253 Å². The molecule has 7 heteroatoms. The lowest BCUT2D eigenvalue weighted by Gasteiger charge is -2.34. The van der Waals surface area contributed by atoms with Crippen LogP contribution < -0.4 is 0 Å². The van der Waals surface area contributed by atoms with Crippen LogP contribution in [0.2, 0.25) is 0 Å². The van der Waals surface area contributed by atoms with Crippen molar-refractivity contribution in [2.45, 2.75) is 70.7 Å². The Morgan fingerprint density at radius 1 is 0.930 bits per heavy atom. The Hall–Kier alpha value is -4.36. The number of hydrogen-bond donors (Lipinski definition) is 1. The summed E-state index contributed by atoms with van der Waals surface area (Å²) in [5, 5.41) is 16.9. The van der Waals surface area contributed by atoms with Crippen LogP contribution >= 0.6 is 0 Å². The fourth-order valence-corrected chi connectivity index (χ4v) is 5.33. The fourth-order valence-electron chi connectivity index (χ4n) is 5.33. The Balaban J connectivity index is 1.49. The van der Waals surface area contributed by atoms with Gasteiger partial charge in [-0.1, -0.05) is 84.9 Å². The van der Waals surface area contributed by atoms with E-state index in [1.807, 2.05) is 100 Å². The molecule has 0 aliphatic carbocycles. The molecule has 1 aliphatic rings.